The maximum Gasteiger partial charge on any atom is 0.258 e. The molecule has 162 valence electrons. The summed E-state index contributed by atoms with van der Waals surface area (Å²) in [6.45, 7) is 9.01. The van der Waals surface area contributed by atoms with Crippen LogP contribution in [-0.4, -0.2) is 44.2 Å². The Morgan fingerprint density at radius 2 is 1.80 bits per heavy atom. The lowest BCUT2D eigenvalue weighted by molar-refractivity contribution is -0.123. The molecule has 2 aromatic rings. The molecule has 1 fully saturated rings. The van der Waals surface area contributed by atoms with Gasteiger partial charge in [0, 0.05) is 6.54 Å². The lowest BCUT2D eigenvalue weighted by Crippen LogP contribution is -2.38. The van der Waals surface area contributed by atoms with Crippen LogP contribution in [0.3, 0.4) is 0 Å². The second-order valence-corrected chi connectivity index (χ2v) is 8.32. The summed E-state index contributed by atoms with van der Waals surface area (Å²) < 4.78 is 11.2. The number of carbonyl (C=O) groups excluding carboxylic acids is 1. The van der Waals surface area contributed by atoms with Gasteiger partial charge in [-0.05, 0) is 73.7 Å². The first-order chi connectivity index (χ1) is 14.5. The van der Waals surface area contributed by atoms with Gasteiger partial charge in [0.05, 0.1) is 13.2 Å². The third kappa shape index (κ3) is 5.76. The molecule has 5 nitrogen and oxygen atoms in total. The smallest absolute Gasteiger partial charge is 0.258 e. The molecule has 0 saturated carbocycles. The second kappa shape index (κ2) is 10.5. The van der Waals surface area contributed by atoms with Crippen LogP contribution in [0.5, 0.6) is 11.5 Å². The van der Waals surface area contributed by atoms with E-state index in [0.717, 1.165) is 35.7 Å². The zero-order chi connectivity index (χ0) is 21.5. The molecule has 1 saturated heterocycles. The Kier molecular flexibility index (Phi) is 7.75. The molecular weight excluding hydrogens is 376 g/mol. The summed E-state index contributed by atoms with van der Waals surface area (Å²) in [6, 6.07) is 14.5. The van der Waals surface area contributed by atoms with Gasteiger partial charge < -0.3 is 14.8 Å². The van der Waals surface area contributed by atoms with E-state index in [9.17, 15) is 4.79 Å². The predicted octanol–water partition coefficient (Wildman–Crippen LogP) is 4.46. The first-order valence-corrected chi connectivity index (χ1v) is 10.9. The lowest BCUT2D eigenvalue weighted by atomic mass is 10.0. The minimum absolute atomic E-state index is 0.0263. The van der Waals surface area contributed by atoms with E-state index in [4.69, 9.17) is 9.47 Å². The van der Waals surface area contributed by atoms with E-state index in [1.807, 2.05) is 25.1 Å². The van der Waals surface area contributed by atoms with Crippen LogP contribution < -0.4 is 14.8 Å². The van der Waals surface area contributed by atoms with Crippen molar-refractivity contribution in [2.75, 3.05) is 33.4 Å². The van der Waals surface area contributed by atoms with Crippen molar-refractivity contribution < 1.29 is 14.3 Å². The van der Waals surface area contributed by atoms with Crippen molar-refractivity contribution in [3.8, 4) is 11.5 Å². The Balaban J connectivity index is 1.61. The minimum atomic E-state index is -0.0936. The van der Waals surface area contributed by atoms with Crippen molar-refractivity contribution in [3.63, 3.8) is 0 Å². The van der Waals surface area contributed by atoms with Gasteiger partial charge in [-0.3, -0.25) is 9.69 Å². The highest BCUT2D eigenvalue weighted by Crippen LogP contribution is 2.28. The van der Waals surface area contributed by atoms with Crippen LogP contribution in [-0.2, 0) is 4.79 Å². The van der Waals surface area contributed by atoms with Crippen LogP contribution >= 0.6 is 0 Å². The summed E-state index contributed by atoms with van der Waals surface area (Å²) in [4.78, 5) is 15.0. The standard InChI is InChI=1S/C25H34N2O3/c1-18(2)22-12-7-19(3)15-24(22)30-17-25(28)26-16-23(27-13-5-6-14-27)20-8-10-21(29-4)11-9-20/h7-12,15,18,23H,5-6,13-14,16-17H2,1-4H3,(H,26,28)/t23-/m1/s1. The molecule has 1 heterocycles. The molecule has 0 radical (unpaired) electrons. The van der Waals surface area contributed by atoms with Crippen molar-refractivity contribution in [1.29, 1.82) is 0 Å². The van der Waals surface area contributed by atoms with Gasteiger partial charge in [0.15, 0.2) is 6.61 Å². The van der Waals surface area contributed by atoms with E-state index in [-0.39, 0.29) is 18.6 Å². The molecule has 1 atom stereocenters. The fourth-order valence-electron chi connectivity index (χ4n) is 3.99. The summed E-state index contributed by atoms with van der Waals surface area (Å²) in [5, 5.41) is 3.08. The van der Waals surface area contributed by atoms with Gasteiger partial charge >= 0.3 is 0 Å². The van der Waals surface area contributed by atoms with Crippen LogP contribution in [0.1, 0.15) is 55.3 Å². The normalized spacial score (nSPS) is 15.2. The summed E-state index contributed by atoms with van der Waals surface area (Å²) >= 11 is 0. The number of nitrogens with zero attached hydrogens (tertiary/aromatic N) is 1. The molecule has 5 heteroatoms. The van der Waals surface area contributed by atoms with Crippen LogP contribution in [0.2, 0.25) is 0 Å². The van der Waals surface area contributed by atoms with Gasteiger partial charge in [-0.15, -0.1) is 0 Å². The largest absolute Gasteiger partial charge is 0.497 e. The molecule has 1 N–H and O–H groups in total. The van der Waals surface area contributed by atoms with Gasteiger partial charge in [-0.2, -0.15) is 0 Å². The van der Waals surface area contributed by atoms with Gasteiger partial charge in [-0.25, -0.2) is 0 Å². The van der Waals surface area contributed by atoms with E-state index in [2.05, 4.69) is 48.3 Å². The molecule has 0 aromatic heterocycles. The SMILES string of the molecule is COc1ccc([C@@H](CNC(=O)COc2cc(C)ccc2C(C)C)N2CCCC2)cc1. The molecular formula is C25H34N2O3. The molecule has 0 spiro atoms. The monoisotopic (exact) mass is 410 g/mol. The maximum absolute atomic E-state index is 12.6. The molecule has 30 heavy (non-hydrogen) atoms. The minimum Gasteiger partial charge on any atom is -0.497 e. The van der Waals surface area contributed by atoms with E-state index >= 15 is 0 Å². The second-order valence-electron chi connectivity index (χ2n) is 8.32. The number of carbonyl (C=O) groups is 1. The molecule has 0 bridgehead atoms. The average Bonchev–Trinajstić information content (AvgIpc) is 3.27. The van der Waals surface area contributed by atoms with Gasteiger partial charge in [0.1, 0.15) is 11.5 Å². The summed E-state index contributed by atoms with van der Waals surface area (Å²) in [6.07, 6.45) is 2.41. The van der Waals surface area contributed by atoms with Crippen molar-refractivity contribution in [2.24, 2.45) is 0 Å². The number of likely N-dealkylation sites (tertiary alicyclic amines) is 1. The lowest BCUT2D eigenvalue weighted by Gasteiger charge is -2.28. The Labute approximate surface area is 180 Å². The van der Waals surface area contributed by atoms with Gasteiger partial charge in [0.2, 0.25) is 0 Å². The Morgan fingerprint density at radius 3 is 2.43 bits per heavy atom. The molecule has 0 aliphatic carbocycles. The number of hydrogen-bond donors (Lipinski definition) is 1. The number of nitrogens with one attached hydrogen (secondary N) is 1. The number of rotatable bonds is 9. The highest BCUT2D eigenvalue weighted by Gasteiger charge is 2.24. The molecule has 1 aliphatic rings. The first kappa shape index (κ1) is 22.2. The van der Waals surface area contributed by atoms with Crippen LogP contribution in [0.15, 0.2) is 42.5 Å². The van der Waals surface area contributed by atoms with Crippen molar-refractivity contribution in [3.05, 3.63) is 59.2 Å². The van der Waals surface area contributed by atoms with Gasteiger partial charge in [0.25, 0.3) is 5.91 Å². The van der Waals surface area contributed by atoms with Crippen LogP contribution in [0.25, 0.3) is 0 Å². The maximum atomic E-state index is 12.6. The Hall–Kier alpha value is -2.53. The van der Waals surface area contributed by atoms with E-state index in [1.54, 1.807) is 7.11 Å². The Morgan fingerprint density at radius 1 is 1.10 bits per heavy atom. The number of benzene rings is 2. The number of methoxy groups -OCH3 is 1. The molecule has 2 aromatic carbocycles. The van der Waals surface area contributed by atoms with E-state index in [1.165, 1.54) is 18.4 Å². The quantitative estimate of drug-likeness (QED) is 0.663. The zero-order valence-corrected chi connectivity index (χ0v) is 18.6. The van der Waals surface area contributed by atoms with Crippen molar-refractivity contribution in [1.82, 2.24) is 10.2 Å². The van der Waals surface area contributed by atoms with Gasteiger partial charge in [-0.1, -0.05) is 38.1 Å². The molecule has 1 amide bonds. The Bertz CT molecular complexity index is 827. The molecule has 0 unspecified atom stereocenters. The zero-order valence-electron chi connectivity index (χ0n) is 18.6. The fourth-order valence-corrected chi connectivity index (χ4v) is 3.99. The van der Waals surface area contributed by atoms with Crippen molar-refractivity contribution in [2.45, 2.75) is 45.6 Å². The first-order valence-electron chi connectivity index (χ1n) is 10.9. The number of hydrogen-bond acceptors (Lipinski definition) is 4. The summed E-state index contributed by atoms with van der Waals surface area (Å²) in [5.74, 6) is 1.89. The topological polar surface area (TPSA) is 50.8 Å². The average molecular weight is 411 g/mol. The number of amides is 1. The summed E-state index contributed by atoms with van der Waals surface area (Å²) in [7, 11) is 1.67. The fraction of sp³-hybridized carbons (Fsp3) is 0.480. The van der Waals surface area contributed by atoms with Crippen molar-refractivity contribution >= 4 is 5.91 Å². The molecule has 3 rings (SSSR count). The number of aryl methyl sites for hydroxylation is 1. The van der Waals surface area contributed by atoms with Crippen LogP contribution in [0, 0.1) is 6.92 Å². The predicted molar refractivity (Wildman–Crippen MR) is 120 cm³/mol. The van der Waals surface area contributed by atoms with E-state index in [0.29, 0.717) is 12.5 Å². The van der Waals surface area contributed by atoms with E-state index < -0.39 is 0 Å². The number of ether oxygens (including phenoxy) is 2. The highest BCUT2D eigenvalue weighted by molar-refractivity contribution is 5.77. The van der Waals surface area contributed by atoms with Crippen LogP contribution in [0.4, 0.5) is 0 Å². The molecule has 1 aliphatic heterocycles. The summed E-state index contributed by atoms with van der Waals surface area (Å²) in [5.41, 5.74) is 3.45. The third-order valence-electron chi connectivity index (χ3n) is 5.72. The highest BCUT2D eigenvalue weighted by atomic mass is 16.5. The third-order valence-corrected chi connectivity index (χ3v) is 5.72.